The van der Waals surface area contributed by atoms with Crippen LogP contribution in [-0.4, -0.2) is 21.5 Å². The zero-order valence-corrected chi connectivity index (χ0v) is 14.8. The lowest BCUT2D eigenvalue weighted by molar-refractivity contribution is 0.103. The smallest absolute Gasteiger partial charge is 0.211 e. The van der Waals surface area contributed by atoms with Crippen LogP contribution in [0.2, 0.25) is 0 Å². The van der Waals surface area contributed by atoms with Crippen LogP contribution in [0.15, 0.2) is 84.9 Å². The van der Waals surface area contributed by atoms with Gasteiger partial charge in [0.1, 0.15) is 11.4 Å². The maximum absolute atomic E-state index is 13.0. The Hall–Kier alpha value is -3.92. The minimum absolute atomic E-state index is 0.224. The van der Waals surface area contributed by atoms with Crippen LogP contribution in [0, 0.1) is 0 Å². The van der Waals surface area contributed by atoms with Crippen molar-refractivity contribution in [1.82, 2.24) is 9.97 Å². The van der Waals surface area contributed by atoms with Crippen molar-refractivity contribution < 1.29 is 9.59 Å². The molecule has 4 aromatic rings. The van der Waals surface area contributed by atoms with Crippen LogP contribution in [0.4, 0.5) is 0 Å². The Morgan fingerprint density at radius 3 is 1.29 bits per heavy atom. The molecule has 2 aromatic heterocycles. The summed E-state index contributed by atoms with van der Waals surface area (Å²) in [6.45, 7) is 0. The third-order valence-corrected chi connectivity index (χ3v) is 4.80. The molecule has 0 amide bonds. The van der Waals surface area contributed by atoms with Crippen molar-refractivity contribution >= 4 is 11.6 Å². The van der Waals surface area contributed by atoms with Gasteiger partial charge in [-0.1, -0.05) is 48.5 Å². The first-order valence-corrected chi connectivity index (χ1v) is 8.93. The molecule has 28 heavy (non-hydrogen) atoms. The van der Waals surface area contributed by atoms with Gasteiger partial charge in [0, 0.05) is 22.3 Å². The zero-order chi connectivity index (χ0) is 19.1. The van der Waals surface area contributed by atoms with E-state index in [1.165, 1.54) is 0 Å². The van der Waals surface area contributed by atoms with Gasteiger partial charge in [0.05, 0.1) is 11.4 Å². The monoisotopic (exact) mass is 362 g/mol. The summed E-state index contributed by atoms with van der Waals surface area (Å²) in [6, 6.07) is 25.3. The molecule has 3 heterocycles. The number of pyridine rings is 2. The van der Waals surface area contributed by atoms with Crippen LogP contribution >= 0.6 is 0 Å². The number of fused-ring (bicyclic) bond motifs is 10. The second-order valence-corrected chi connectivity index (χ2v) is 6.64. The molecule has 0 saturated carbocycles. The third-order valence-electron chi connectivity index (χ3n) is 4.80. The number of hydrogen-bond acceptors (Lipinski definition) is 4. The summed E-state index contributed by atoms with van der Waals surface area (Å²) in [5, 5.41) is 0. The molecule has 4 heteroatoms. The van der Waals surface area contributed by atoms with E-state index in [9.17, 15) is 9.59 Å². The standard InChI is InChI=1S/C24H14N2O2/c27-23-17-7-1-5-15(13-17)19-9-3-10-20(25-19)16-6-2-8-18(14-16)24(28)22-12-4-11-21(23)26-22/h1-14H. The molecule has 0 radical (unpaired) electrons. The normalized spacial score (nSPS) is 12.4. The fraction of sp³-hybridized carbons (Fsp3) is 0. The Bertz CT molecular complexity index is 1170. The number of rotatable bonds is 0. The van der Waals surface area contributed by atoms with Crippen molar-refractivity contribution in [1.29, 1.82) is 0 Å². The minimum atomic E-state index is -0.224. The van der Waals surface area contributed by atoms with E-state index in [2.05, 4.69) is 4.98 Å². The highest BCUT2D eigenvalue weighted by Crippen LogP contribution is 2.26. The molecule has 2 aromatic carbocycles. The Morgan fingerprint density at radius 1 is 0.429 bits per heavy atom. The fourth-order valence-electron chi connectivity index (χ4n) is 3.38. The molecule has 1 aliphatic heterocycles. The quantitative estimate of drug-likeness (QED) is 0.404. The summed E-state index contributed by atoms with van der Waals surface area (Å²) < 4.78 is 0. The Morgan fingerprint density at radius 2 is 0.786 bits per heavy atom. The van der Waals surface area contributed by atoms with Gasteiger partial charge in [-0.2, -0.15) is 0 Å². The first kappa shape index (κ1) is 16.3. The molecule has 0 fully saturated rings. The molecule has 4 nitrogen and oxygen atoms in total. The summed E-state index contributed by atoms with van der Waals surface area (Å²) in [7, 11) is 0. The Labute approximate surface area is 161 Å². The summed E-state index contributed by atoms with van der Waals surface area (Å²) in [6.07, 6.45) is 0. The van der Waals surface area contributed by atoms with Gasteiger partial charge in [0.15, 0.2) is 0 Å². The molecule has 0 saturated heterocycles. The van der Waals surface area contributed by atoms with Crippen molar-refractivity contribution in [3.05, 3.63) is 107 Å². The van der Waals surface area contributed by atoms with Crippen LogP contribution in [0.25, 0.3) is 22.5 Å². The SMILES string of the molecule is O=C1c2cccc(c2)-c2cccc(n2)-c2cccc(c2)C(=O)c2cccc1n2. The van der Waals surface area contributed by atoms with E-state index in [4.69, 9.17) is 4.98 Å². The maximum Gasteiger partial charge on any atom is 0.211 e. The molecule has 5 rings (SSSR count). The van der Waals surface area contributed by atoms with Gasteiger partial charge in [-0.3, -0.25) is 9.59 Å². The molecule has 0 unspecified atom stereocenters. The molecular weight excluding hydrogens is 348 g/mol. The van der Waals surface area contributed by atoms with Crippen LogP contribution in [0.1, 0.15) is 32.1 Å². The maximum atomic E-state index is 13.0. The van der Waals surface area contributed by atoms with E-state index < -0.39 is 0 Å². The second kappa shape index (κ2) is 6.35. The summed E-state index contributed by atoms with van der Waals surface area (Å²) in [5.41, 5.74) is 4.76. The van der Waals surface area contributed by atoms with Gasteiger partial charge in [-0.25, -0.2) is 9.97 Å². The predicted octanol–water partition coefficient (Wildman–Crippen LogP) is 4.59. The summed E-state index contributed by atoms with van der Waals surface area (Å²) >= 11 is 0. The lowest BCUT2D eigenvalue weighted by Gasteiger charge is -2.10. The molecule has 0 atom stereocenters. The number of benzene rings is 2. The van der Waals surface area contributed by atoms with Gasteiger partial charge in [-0.05, 0) is 36.4 Å². The number of carbonyl (C=O) groups is 2. The van der Waals surface area contributed by atoms with E-state index >= 15 is 0 Å². The van der Waals surface area contributed by atoms with Crippen molar-refractivity contribution in [2.24, 2.45) is 0 Å². The highest BCUT2D eigenvalue weighted by Gasteiger charge is 2.17. The number of aromatic nitrogens is 2. The highest BCUT2D eigenvalue weighted by atomic mass is 16.1. The molecule has 0 spiro atoms. The summed E-state index contributed by atoms with van der Waals surface area (Å²) in [4.78, 5) is 35.0. The van der Waals surface area contributed by atoms with Gasteiger partial charge in [0.25, 0.3) is 0 Å². The molecule has 0 N–H and O–H groups in total. The molecular formula is C24H14N2O2. The van der Waals surface area contributed by atoms with E-state index in [1.54, 1.807) is 30.3 Å². The molecule has 1 aliphatic rings. The number of nitrogens with zero attached hydrogens (tertiary/aromatic N) is 2. The van der Waals surface area contributed by atoms with E-state index in [-0.39, 0.29) is 23.0 Å². The van der Waals surface area contributed by atoms with Gasteiger partial charge < -0.3 is 0 Å². The highest BCUT2D eigenvalue weighted by molar-refractivity contribution is 6.11. The van der Waals surface area contributed by atoms with Gasteiger partial charge in [-0.15, -0.1) is 0 Å². The van der Waals surface area contributed by atoms with Crippen molar-refractivity contribution in [2.75, 3.05) is 0 Å². The van der Waals surface area contributed by atoms with Crippen molar-refractivity contribution in [3.8, 4) is 22.5 Å². The zero-order valence-electron chi connectivity index (χ0n) is 14.8. The predicted molar refractivity (Wildman–Crippen MR) is 106 cm³/mol. The van der Waals surface area contributed by atoms with Crippen LogP contribution in [0.5, 0.6) is 0 Å². The van der Waals surface area contributed by atoms with Crippen LogP contribution in [-0.2, 0) is 0 Å². The Kier molecular flexibility index (Phi) is 3.69. The average molecular weight is 362 g/mol. The average Bonchev–Trinajstić information content (AvgIpc) is 2.78. The third kappa shape index (κ3) is 2.72. The first-order valence-electron chi connectivity index (χ1n) is 8.93. The van der Waals surface area contributed by atoms with Gasteiger partial charge in [0.2, 0.25) is 11.6 Å². The van der Waals surface area contributed by atoms with Crippen molar-refractivity contribution in [2.45, 2.75) is 0 Å². The van der Waals surface area contributed by atoms with E-state index in [0.717, 1.165) is 22.5 Å². The summed E-state index contributed by atoms with van der Waals surface area (Å²) in [5.74, 6) is -0.447. The molecule has 8 bridgehead atoms. The topological polar surface area (TPSA) is 59.9 Å². The number of carbonyl (C=O) groups excluding carboxylic acids is 2. The largest absolute Gasteiger partial charge is 0.287 e. The van der Waals surface area contributed by atoms with E-state index in [0.29, 0.717) is 11.1 Å². The van der Waals surface area contributed by atoms with Crippen LogP contribution in [0.3, 0.4) is 0 Å². The van der Waals surface area contributed by atoms with E-state index in [1.807, 2.05) is 54.6 Å². The number of hydrogen-bond donors (Lipinski definition) is 0. The minimum Gasteiger partial charge on any atom is -0.287 e. The van der Waals surface area contributed by atoms with Gasteiger partial charge >= 0.3 is 0 Å². The number of ketones is 2. The molecule has 132 valence electrons. The van der Waals surface area contributed by atoms with Crippen molar-refractivity contribution in [3.63, 3.8) is 0 Å². The first-order chi connectivity index (χ1) is 13.7. The lowest BCUT2D eigenvalue weighted by Crippen LogP contribution is -2.10. The molecule has 0 aliphatic carbocycles. The lowest BCUT2D eigenvalue weighted by atomic mass is 9.99. The fourth-order valence-corrected chi connectivity index (χ4v) is 3.38. The Balaban J connectivity index is 1.82. The second-order valence-electron chi connectivity index (χ2n) is 6.64. The van der Waals surface area contributed by atoms with Crippen LogP contribution < -0.4 is 0 Å².